The highest BCUT2D eigenvalue weighted by atomic mass is 127. The van der Waals surface area contributed by atoms with Gasteiger partial charge < -0.3 is 24.6 Å². The molecule has 0 radical (unpaired) electrons. The maximum Gasteiger partial charge on any atom is 0.191 e. The normalized spacial score (nSPS) is 11.2. The molecule has 0 unspecified atom stereocenters. The molecule has 0 atom stereocenters. The Bertz CT molecular complexity index is 702. The Morgan fingerprint density at radius 1 is 1.18 bits per heavy atom. The van der Waals surface area contributed by atoms with E-state index in [1.165, 1.54) is 0 Å². The van der Waals surface area contributed by atoms with Crippen molar-refractivity contribution in [2.24, 2.45) is 4.99 Å². The Labute approximate surface area is 184 Å². The summed E-state index contributed by atoms with van der Waals surface area (Å²) in [5.41, 5.74) is 2.06. The minimum Gasteiger partial charge on any atom is -0.491 e. The van der Waals surface area contributed by atoms with E-state index in [1.54, 1.807) is 7.11 Å². The number of hydrogen-bond donors (Lipinski definition) is 2. The number of halogens is 1. The molecule has 0 fully saturated rings. The first-order valence-electron chi connectivity index (χ1n) is 9.30. The summed E-state index contributed by atoms with van der Waals surface area (Å²) in [5.74, 6) is 2.71. The number of methoxy groups -OCH3 is 1. The molecule has 1 aromatic heterocycles. The fourth-order valence-corrected chi connectivity index (χ4v) is 2.30. The molecule has 0 saturated heterocycles. The molecule has 1 heterocycles. The number of aliphatic imine (C=N–C) groups is 1. The van der Waals surface area contributed by atoms with Gasteiger partial charge in [-0.15, -0.1) is 24.0 Å². The van der Waals surface area contributed by atoms with Gasteiger partial charge in [0.2, 0.25) is 0 Å². The van der Waals surface area contributed by atoms with Crippen LogP contribution >= 0.6 is 24.0 Å². The number of rotatable bonds is 10. The van der Waals surface area contributed by atoms with Gasteiger partial charge in [0.25, 0.3) is 0 Å². The van der Waals surface area contributed by atoms with E-state index < -0.39 is 0 Å². The van der Waals surface area contributed by atoms with Crippen molar-refractivity contribution in [2.45, 2.75) is 39.8 Å². The van der Waals surface area contributed by atoms with Crippen LogP contribution < -0.4 is 15.4 Å². The predicted molar refractivity (Wildman–Crippen MR) is 121 cm³/mol. The molecular formula is C20H31IN4O3. The molecule has 0 aliphatic carbocycles. The number of nitrogens with zero attached hydrogens (tertiary/aromatic N) is 2. The number of aromatic nitrogens is 1. The van der Waals surface area contributed by atoms with Crippen LogP contribution in [0.2, 0.25) is 0 Å². The summed E-state index contributed by atoms with van der Waals surface area (Å²) in [5, 5.41) is 10.6. The molecule has 0 spiro atoms. The maximum absolute atomic E-state index is 5.57. The average Bonchev–Trinajstić information content (AvgIpc) is 3.15. The lowest BCUT2D eigenvalue weighted by atomic mass is 10.1. The van der Waals surface area contributed by atoms with E-state index in [1.807, 2.05) is 37.3 Å². The average molecular weight is 502 g/mol. The van der Waals surface area contributed by atoms with Gasteiger partial charge >= 0.3 is 0 Å². The summed E-state index contributed by atoms with van der Waals surface area (Å²) in [4.78, 5) is 4.62. The second-order valence-corrected chi connectivity index (χ2v) is 6.41. The fraction of sp³-hybridized carbons (Fsp3) is 0.500. The summed E-state index contributed by atoms with van der Waals surface area (Å²) in [7, 11) is 1.66. The molecule has 2 N–H and O–H groups in total. The van der Waals surface area contributed by atoms with Gasteiger partial charge in [-0.05, 0) is 30.5 Å². The molecule has 0 saturated carbocycles. The zero-order chi connectivity index (χ0) is 19.5. The number of ether oxygens (including phenoxy) is 2. The van der Waals surface area contributed by atoms with Crippen LogP contribution in [0.15, 0.2) is 39.8 Å². The fourth-order valence-electron chi connectivity index (χ4n) is 2.30. The topological polar surface area (TPSA) is 80.9 Å². The first kappa shape index (κ1) is 24.2. The molecule has 156 valence electrons. The molecule has 7 nitrogen and oxygen atoms in total. The molecule has 8 heteroatoms. The molecule has 0 amide bonds. The molecule has 0 bridgehead atoms. The summed E-state index contributed by atoms with van der Waals surface area (Å²) >= 11 is 0. The van der Waals surface area contributed by atoms with Crippen LogP contribution in [0.25, 0.3) is 0 Å². The molecule has 0 aliphatic heterocycles. The quantitative estimate of drug-likeness (QED) is 0.223. The van der Waals surface area contributed by atoms with Crippen LogP contribution in [0.4, 0.5) is 0 Å². The summed E-state index contributed by atoms with van der Waals surface area (Å²) in [6.07, 6.45) is 0. The summed E-state index contributed by atoms with van der Waals surface area (Å²) < 4.78 is 15.9. The smallest absolute Gasteiger partial charge is 0.191 e. The second kappa shape index (κ2) is 13.4. The van der Waals surface area contributed by atoms with Gasteiger partial charge in [-0.2, -0.15) is 0 Å². The van der Waals surface area contributed by atoms with Crippen LogP contribution in [-0.2, 0) is 17.8 Å². The highest BCUT2D eigenvalue weighted by Crippen LogP contribution is 2.14. The van der Waals surface area contributed by atoms with Gasteiger partial charge in [0.15, 0.2) is 11.7 Å². The number of hydrogen-bond acceptors (Lipinski definition) is 5. The van der Waals surface area contributed by atoms with Crippen LogP contribution in [0, 0.1) is 0 Å². The van der Waals surface area contributed by atoms with Gasteiger partial charge in [0, 0.05) is 19.7 Å². The zero-order valence-corrected chi connectivity index (χ0v) is 19.4. The Morgan fingerprint density at radius 3 is 2.54 bits per heavy atom. The van der Waals surface area contributed by atoms with Crippen LogP contribution in [0.3, 0.4) is 0 Å². The third-order valence-electron chi connectivity index (χ3n) is 3.84. The highest BCUT2D eigenvalue weighted by Gasteiger charge is 2.08. The number of nitrogens with one attached hydrogen (secondary N) is 2. The molecule has 28 heavy (non-hydrogen) atoms. The van der Waals surface area contributed by atoms with E-state index in [2.05, 4.69) is 34.6 Å². The lowest BCUT2D eigenvalue weighted by Crippen LogP contribution is -2.36. The largest absolute Gasteiger partial charge is 0.491 e. The van der Waals surface area contributed by atoms with Gasteiger partial charge in [-0.1, -0.05) is 31.1 Å². The van der Waals surface area contributed by atoms with Crippen molar-refractivity contribution in [3.05, 3.63) is 47.3 Å². The van der Waals surface area contributed by atoms with Crippen molar-refractivity contribution in [3.63, 3.8) is 0 Å². The van der Waals surface area contributed by atoms with Crippen molar-refractivity contribution in [3.8, 4) is 5.75 Å². The van der Waals surface area contributed by atoms with Crippen molar-refractivity contribution in [1.29, 1.82) is 0 Å². The lowest BCUT2D eigenvalue weighted by Gasteiger charge is -2.10. The van der Waals surface area contributed by atoms with Crippen LogP contribution in [0.5, 0.6) is 5.75 Å². The van der Waals surface area contributed by atoms with Gasteiger partial charge in [-0.3, -0.25) is 0 Å². The Kier molecular flexibility index (Phi) is 11.6. The van der Waals surface area contributed by atoms with E-state index in [4.69, 9.17) is 14.0 Å². The predicted octanol–water partition coefficient (Wildman–Crippen LogP) is 3.70. The van der Waals surface area contributed by atoms with Gasteiger partial charge in [0.1, 0.15) is 12.4 Å². The van der Waals surface area contributed by atoms with Crippen LogP contribution in [-0.4, -0.2) is 38.0 Å². The molecule has 0 aliphatic rings. The third kappa shape index (κ3) is 8.47. The highest BCUT2D eigenvalue weighted by molar-refractivity contribution is 14.0. The van der Waals surface area contributed by atoms with Crippen molar-refractivity contribution < 1.29 is 14.0 Å². The minimum absolute atomic E-state index is 0. The SMILES string of the molecule is CCNC(=NCc1ccc(OCCOC)cc1)NCc1cc(C(C)C)no1.I. The maximum atomic E-state index is 5.57. The monoisotopic (exact) mass is 502 g/mol. The minimum atomic E-state index is 0. The Morgan fingerprint density at radius 2 is 1.93 bits per heavy atom. The number of guanidine groups is 1. The standard InChI is InChI=1S/C20H30N4O3.HI/c1-5-21-20(23-14-18-12-19(15(2)3)24-27-18)22-13-16-6-8-17(9-7-16)26-11-10-25-4;/h6-9,12,15H,5,10-11,13-14H2,1-4H3,(H2,21,22,23);1H. The van der Waals surface area contributed by atoms with E-state index in [-0.39, 0.29) is 24.0 Å². The Hall–Kier alpha value is -1.81. The molecule has 2 aromatic rings. The van der Waals surface area contributed by atoms with E-state index in [9.17, 15) is 0 Å². The second-order valence-electron chi connectivity index (χ2n) is 6.41. The van der Waals surface area contributed by atoms with E-state index in [0.29, 0.717) is 32.2 Å². The molecule has 2 rings (SSSR count). The van der Waals surface area contributed by atoms with Crippen LogP contribution in [0.1, 0.15) is 43.7 Å². The van der Waals surface area contributed by atoms with Crippen molar-refractivity contribution >= 4 is 29.9 Å². The summed E-state index contributed by atoms with van der Waals surface area (Å²) in [6.45, 7) is 9.23. The zero-order valence-electron chi connectivity index (χ0n) is 17.0. The summed E-state index contributed by atoms with van der Waals surface area (Å²) in [6, 6.07) is 9.90. The third-order valence-corrected chi connectivity index (χ3v) is 3.84. The first-order valence-corrected chi connectivity index (χ1v) is 9.30. The van der Waals surface area contributed by atoms with Gasteiger partial charge in [0.05, 0.1) is 25.4 Å². The van der Waals surface area contributed by atoms with Gasteiger partial charge in [-0.25, -0.2) is 4.99 Å². The first-order chi connectivity index (χ1) is 13.1. The van der Waals surface area contributed by atoms with E-state index in [0.717, 1.165) is 35.3 Å². The van der Waals surface area contributed by atoms with Crippen molar-refractivity contribution in [1.82, 2.24) is 15.8 Å². The molecular weight excluding hydrogens is 471 g/mol. The van der Waals surface area contributed by atoms with Crippen molar-refractivity contribution in [2.75, 3.05) is 26.9 Å². The lowest BCUT2D eigenvalue weighted by molar-refractivity contribution is 0.146. The number of benzene rings is 1. The van der Waals surface area contributed by atoms with E-state index >= 15 is 0 Å². The molecule has 1 aromatic carbocycles. The Balaban J connectivity index is 0.00000392.